The molecule has 3 rings (SSSR count). The Kier molecular flexibility index (Phi) is 2.81. The number of benzene rings is 1. The minimum Gasteiger partial charge on any atom is -0.491 e. The van der Waals surface area contributed by atoms with Crippen molar-refractivity contribution in [2.24, 2.45) is 4.99 Å². The largest absolute Gasteiger partial charge is 0.491 e. The fourth-order valence-electron chi connectivity index (χ4n) is 2.34. The highest BCUT2D eigenvalue weighted by Gasteiger charge is 2.26. The summed E-state index contributed by atoms with van der Waals surface area (Å²) in [5, 5.41) is 3.34. The molecule has 0 radical (unpaired) electrons. The van der Waals surface area contributed by atoms with E-state index < -0.39 is 0 Å². The van der Waals surface area contributed by atoms with E-state index >= 15 is 0 Å². The Hall–Kier alpha value is -1.78. The predicted molar refractivity (Wildman–Crippen MR) is 67.3 cm³/mol. The number of hydrogen-bond acceptors (Lipinski definition) is 4. The van der Waals surface area contributed by atoms with Crippen LogP contribution >= 0.6 is 0 Å². The van der Waals surface area contributed by atoms with Gasteiger partial charge in [0.05, 0.1) is 6.04 Å². The summed E-state index contributed by atoms with van der Waals surface area (Å²) in [7, 11) is 2.01. The SMILES string of the molecule is CN1CCCN=C1NC1COc2ccc(F)cc21. The summed E-state index contributed by atoms with van der Waals surface area (Å²) in [4.78, 5) is 6.54. The van der Waals surface area contributed by atoms with Crippen LogP contribution in [0.3, 0.4) is 0 Å². The van der Waals surface area contributed by atoms with Gasteiger partial charge >= 0.3 is 0 Å². The van der Waals surface area contributed by atoms with E-state index in [-0.39, 0.29) is 11.9 Å². The average molecular weight is 249 g/mol. The molecule has 0 aliphatic carbocycles. The van der Waals surface area contributed by atoms with Gasteiger partial charge in [-0.15, -0.1) is 0 Å². The van der Waals surface area contributed by atoms with Crippen LogP contribution in [0.5, 0.6) is 5.75 Å². The number of halogens is 1. The Morgan fingerprint density at radius 3 is 3.22 bits per heavy atom. The second kappa shape index (κ2) is 4.48. The maximum Gasteiger partial charge on any atom is 0.194 e. The molecule has 0 spiro atoms. The second-order valence-electron chi connectivity index (χ2n) is 4.67. The first kappa shape index (κ1) is 11.3. The number of ether oxygens (including phenoxy) is 1. The van der Waals surface area contributed by atoms with Crippen LogP contribution in [0, 0.1) is 5.82 Å². The maximum absolute atomic E-state index is 13.3. The summed E-state index contributed by atoms with van der Waals surface area (Å²) < 4.78 is 18.8. The van der Waals surface area contributed by atoms with Crippen molar-refractivity contribution in [1.29, 1.82) is 0 Å². The molecule has 1 unspecified atom stereocenters. The maximum atomic E-state index is 13.3. The number of guanidine groups is 1. The summed E-state index contributed by atoms with van der Waals surface area (Å²) >= 11 is 0. The Morgan fingerprint density at radius 1 is 1.50 bits per heavy atom. The molecule has 0 fully saturated rings. The average Bonchev–Trinajstić information content (AvgIpc) is 2.75. The molecule has 18 heavy (non-hydrogen) atoms. The van der Waals surface area contributed by atoms with Crippen molar-refractivity contribution in [3.05, 3.63) is 29.6 Å². The summed E-state index contributed by atoms with van der Waals surface area (Å²) in [5.41, 5.74) is 0.872. The Bertz CT molecular complexity index is 489. The number of rotatable bonds is 1. The molecule has 2 aliphatic rings. The van der Waals surface area contributed by atoms with Gasteiger partial charge in [0.1, 0.15) is 18.2 Å². The van der Waals surface area contributed by atoms with E-state index in [1.165, 1.54) is 12.1 Å². The van der Waals surface area contributed by atoms with E-state index in [1.807, 2.05) is 7.05 Å². The fraction of sp³-hybridized carbons (Fsp3) is 0.462. The standard InChI is InChI=1S/C13H16FN3O/c1-17-6-2-5-15-13(17)16-11-8-18-12-4-3-9(14)7-10(11)12/h3-4,7,11H,2,5-6,8H2,1H3,(H,15,16). The van der Waals surface area contributed by atoms with Crippen molar-refractivity contribution >= 4 is 5.96 Å². The van der Waals surface area contributed by atoms with Crippen LogP contribution in [0.1, 0.15) is 18.0 Å². The lowest BCUT2D eigenvalue weighted by Gasteiger charge is -2.27. The molecule has 2 heterocycles. The van der Waals surface area contributed by atoms with Crippen molar-refractivity contribution in [3.8, 4) is 5.75 Å². The van der Waals surface area contributed by atoms with Gasteiger partial charge < -0.3 is 15.0 Å². The number of fused-ring (bicyclic) bond motifs is 1. The second-order valence-corrected chi connectivity index (χ2v) is 4.67. The molecule has 4 nitrogen and oxygen atoms in total. The Balaban J connectivity index is 1.80. The topological polar surface area (TPSA) is 36.9 Å². The van der Waals surface area contributed by atoms with Crippen LogP contribution in [0.2, 0.25) is 0 Å². The van der Waals surface area contributed by atoms with Crippen molar-refractivity contribution in [1.82, 2.24) is 10.2 Å². The van der Waals surface area contributed by atoms with E-state index in [0.29, 0.717) is 6.61 Å². The van der Waals surface area contributed by atoms with E-state index in [2.05, 4.69) is 15.2 Å². The minimum absolute atomic E-state index is 0.0185. The molecule has 0 saturated carbocycles. The van der Waals surface area contributed by atoms with E-state index in [1.54, 1.807) is 6.07 Å². The van der Waals surface area contributed by atoms with Crippen LogP contribution in [0.25, 0.3) is 0 Å². The molecule has 5 heteroatoms. The van der Waals surface area contributed by atoms with Crippen molar-refractivity contribution in [2.75, 3.05) is 26.7 Å². The van der Waals surface area contributed by atoms with E-state index in [0.717, 1.165) is 36.8 Å². The highest BCUT2D eigenvalue weighted by atomic mass is 19.1. The zero-order chi connectivity index (χ0) is 12.5. The molecule has 1 atom stereocenters. The number of nitrogens with zero attached hydrogens (tertiary/aromatic N) is 2. The molecular weight excluding hydrogens is 233 g/mol. The van der Waals surface area contributed by atoms with Crippen LogP contribution in [-0.2, 0) is 0 Å². The van der Waals surface area contributed by atoms with Gasteiger partial charge in [-0.05, 0) is 24.6 Å². The van der Waals surface area contributed by atoms with Gasteiger partial charge in [-0.2, -0.15) is 0 Å². The Labute approximate surface area is 105 Å². The normalized spacial score (nSPS) is 22.2. The first-order chi connectivity index (χ1) is 8.74. The van der Waals surface area contributed by atoms with Crippen molar-refractivity contribution < 1.29 is 9.13 Å². The predicted octanol–water partition coefficient (Wildman–Crippen LogP) is 1.54. The van der Waals surface area contributed by atoms with Gasteiger partial charge in [0.2, 0.25) is 0 Å². The molecular formula is C13H16FN3O. The van der Waals surface area contributed by atoms with Gasteiger partial charge in [0, 0.05) is 25.7 Å². The molecule has 1 aromatic carbocycles. The zero-order valence-electron chi connectivity index (χ0n) is 10.3. The number of hydrogen-bond donors (Lipinski definition) is 1. The van der Waals surface area contributed by atoms with E-state index in [9.17, 15) is 4.39 Å². The highest BCUT2D eigenvalue weighted by Crippen LogP contribution is 2.32. The smallest absolute Gasteiger partial charge is 0.194 e. The van der Waals surface area contributed by atoms with Gasteiger partial charge in [-0.3, -0.25) is 4.99 Å². The first-order valence-corrected chi connectivity index (χ1v) is 6.18. The summed E-state index contributed by atoms with van der Waals surface area (Å²) in [6.45, 7) is 2.36. The van der Waals surface area contributed by atoms with Gasteiger partial charge in [-0.1, -0.05) is 0 Å². The third-order valence-electron chi connectivity index (χ3n) is 3.33. The third-order valence-corrected chi connectivity index (χ3v) is 3.33. The van der Waals surface area contributed by atoms with E-state index in [4.69, 9.17) is 4.74 Å². The van der Waals surface area contributed by atoms with Crippen molar-refractivity contribution in [3.63, 3.8) is 0 Å². The quantitative estimate of drug-likeness (QED) is 0.820. The number of nitrogens with one attached hydrogen (secondary N) is 1. The van der Waals surface area contributed by atoms with Crippen molar-refractivity contribution in [2.45, 2.75) is 12.5 Å². The molecule has 1 N–H and O–H groups in total. The van der Waals surface area contributed by atoms with Crippen LogP contribution in [0.4, 0.5) is 4.39 Å². The lowest BCUT2D eigenvalue weighted by molar-refractivity contribution is 0.318. The lowest BCUT2D eigenvalue weighted by Crippen LogP contribution is -2.44. The summed E-state index contributed by atoms with van der Waals surface area (Å²) in [5.74, 6) is 1.39. The molecule has 0 bridgehead atoms. The van der Waals surface area contributed by atoms with Gasteiger partial charge in [0.25, 0.3) is 0 Å². The number of aliphatic imine (C=N–C) groups is 1. The minimum atomic E-state index is -0.231. The monoisotopic (exact) mass is 249 g/mol. The summed E-state index contributed by atoms with van der Waals surface area (Å²) in [6.07, 6.45) is 1.08. The first-order valence-electron chi connectivity index (χ1n) is 6.18. The lowest BCUT2D eigenvalue weighted by atomic mass is 10.1. The molecule has 2 aliphatic heterocycles. The molecule has 0 saturated heterocycles. The molecule has 0 aromatic heterocycles. The molecule has 0 amide bonds. The highest BCUT2D eigenvalue weighted by molar-refractivity contribution is 5.81. The van der Waals surface area contributed by atoms with Gasteiger partial charge in [-0.25, -0.2) is 4.39 Å². The van der Waals surface area contributed by atoms with Gasteiger partial charge in [0.15, 0.2) is 5.96 Å². The third kappa shape index (κ3) is 2.00. The zero-order valence-corrected chi connectivity index (χ0v) is 10.3. The molecule has 1 aromatic rings. The van der Waals surface area contributed by atoms with Crippen LogP contribution < -0.4 is 10.1 Å². The molecule has 96 valence electrons. The summed E-state index contributed by atoms with van der Waals surface area (Å²) in [6, 6.07) is 4.61. The van der Waals surface area contributed by atoms with Crippen LogP contribution in [0.15, 0.2) is 23.2 Å². The Morgan fingerprint density at radius 2 is 2.39 bits per heavy atom. The fourth-order valence-corrected chi connectivity index (χ4v) is 2.34. The van der Waals surface area contributed by atoms with Crippen LogP contribution in [-0.4, -0.2) is 37.6 Å².